The SMILES string of the molecule is COc1ccc(C[C@H](N)C(=O)O)cc1B(O)O. The summed E-state index contributed by atoms with van der Waals surface area (Å²) in [5.41, 5.74) is 6.17. The van der Waals surface area contributed by atoms with Crippen LogP contribution in [0.2, 0.25) is 0 Å². The number of aliphatic carboxylic acids is 1. The number of methoxy groups -OCH3 is 1. The van der Waals surface area contributed by atoms with Gasteiger partial charge in [-0.05, 0) is 18.1 Å². The number of nitrogens with two attached hydrogens (primary N) is 1. The Hall–Kier alpha value is -1.57. The Bertz CT molecular complexity index is 410. The zero-order valence-corrected chi connectivity index (χ0v) is 9.33. The molecule has 0 amide bonds. The highest BCUT2D eigenvalue weighted by Crippen LogP contribution is 2.11. The molecule has 1 aromatic rings. The fraction of sp³-hybridized carbons (Fsp3) is 0.300. The van der Waals surface area contributed by atoms with Crippen LogP contribution in [-0.2, 0) is 11.2 Å². The van der Waals surface area contributed by atoms with Crippen molar-refractivity contribution in [3.63, 3.8) is 0 Å². The van der Waals surface area contributed by atoms with E-state index in [0.29, 0.717) is 11.3 Å². The summed E-state index contributed by atoms with van der Waals surface area (Å²) in [5, 5.41) is 26.9. The fourth-order valence-electron chi connectivity index (χ4n) is 1.45. The van der Waals surface area contributed by atoms with Crippen molar-refractivity contribution in [1.82, 2.24) is 0 Å². The summed E-state index contributed by atoms with van der Waals surface area (Å²) < 4.78 is 4.95. The molecule has 0 unspecified atom stereocenters. The highest BCUT2D eigenvalue weighted by Gasteiger charge is 2.19. The topological polar surface area (TPSA) is 113 Å². The van der Waals surface area contributed by atoms with Gasteiger partial charge in [-0.1, -0.05) is 12.1 Å². The second-order valence-corrected chi connectivity index (χ2v) is 3.60. The molecule has 0 aliphatic carbocycles. The highest BCUT2D eigenvalue weighted by molar-refractivity contribution is 6.59. The number of carbonyl (C=O) groups is 1. The Morgan fingerprint density at radius 3 is 2.65 bits per heavy atom. The lowest BCUT2D eigenvalue weighted by atomic mass is 9.78. The lowest BCUT2D eigenvalue weighted by molar-refractivity contribution is -0.138. The molecule has 0 aliphatic heterocycles. The molecule has 0 spiro atoms. The molecule has 0 radical (unpaired) electrons. The normalized spacial score (nSPS) is 12.0. The molecule has 6 nitrogen and oxygen atoms in total. The van der Waals surface area contributed by atoms with Crippen molar-refractivity contribution >= 4 is 18.6 Å². The van der Waals surface area contributed by atoms with Crippen LogP contribution in [0.5, 0.6) is 5.75 Å². The number of benzene rings is 1. The molecule has 1 atom stereocenters. The Kier molecular flexibility index (Phi) is 4.50. The van der Waals surface area contributed by atoms with Gasteiger partial charge in [-0.25, -0.2) is 0 Å². The van der Waals surface area contributed by atoms with Crippen LogP contribution in [-0.4, -0.2) is 41.4 Å². The van der Waals surface area contributed by atoms with Gasteiger partial charge >= 0.3 is 13.1 Å². The van der Waals surface area contributed by atoms with Gasteiger partial charge in [0.25, 0.3) is 0 Å². The Morgan fingerprint density at radius 1 is 1.53 bits per heavy atom. The Morgan fingerprint density at radius 2 is 2.18 bits per heavy atom. The largest absolute Gasteiger partial charge is 0.497 e. The average molecular weight is 239 g/mol. The first kappa shape index (κ1) is 13.5. The molecule has 0 heterocycles. The molecule has 1 aromatic carbocycles. The van der Waals surface area contributed by atoms with Crippen molar-refractivity contribution in [2.75, 3.05) is 7.11 Å². The maximum Gasteiger partial charge on any atom is 0.492 e. The molecule has 0 fully saturated rings. The van der Waals surface area contributed by atoms with E-state index in [4.69, 9.17) is 25.6 Å². The van der Waals surface area contributed by atoms with Crippen LogP contribution >= 0.6 is 0 Å². The third kappa shape index (κ3) is 3.45. The fourth-order valence-corrected chi connectivity index (χ4v) is 1.45. The summed E-state index contributed by atoms with van der Waals surface area (Å²) in [5.74, 6) is -0.778. The molecular formula is C10H14BNO5. The van der Waals surface area contributed by atoms with Crippen molar-refractivity contribution in [2.45, 2.75) is 12.5 Å². The minimum Gasteiger partial charge on any atom is -0.497 e. The maximum absolute atomic E-state index is 10.6. The zero-order chi connectivity index (χ0) is 13.0. The third-order valence-electron chi connectivity index (χ3n) is 2.35. The zero-order valence-electron chi connectivity index (χ0n) is 9.33. The van der Waals surface area contributed by atoms with E-state index >= 15 is 0 Å². The van der Waals surface area contributed by atoms with E-state index in [0.717, 1.165) is 0 Å². The maximum atomic E-state index is 10.6. The lowest BCUT2D eigenvalue weighted by Crippen LogP contribution is -2.34. The predicted octanol–water partition coefficient (Wildman–Crippen LogP) is -1.67. The molecule has 1 rings (SSSR count). The van der Waals surface area contributed by atoms with Crippen LogP contribution in [0.15, 0.2) is 18.2 Å². The van der Waals surface area contributed by atoms with E-state index in [9.17, 15) is 4.79 Å². The van der Waals surface area contributed by atoms with Crippen LogP contribution in [0, 0.1) is 0 Å². The van der Waals surface area contributed by atoms with Gasteiger partial charge in [0.15, 0.2) is 0 Å². The molecule has 0 aliphatic rings. The third-order valence-corrected chi connectivity index (χ3v) is 2.35. The molecule has 7 heteroatoms. The minimum absolute atomic E-state index is 0.110. The molecule has 5 N–H and O–H groups in total. The first-order chi connectivity index (χ1) is 7.95. The van der Waals surface area contributed by atoms with E-state index < -0.39 is 19.1 Å². The second-order valence-electron chi connectivity index (χ2n) is 3.60. The molecule has 0 saturated heterocycles. The Balaban J connectivity index is 2.96. The smallest absolute Gasteiger partial charge is 0.492 e. The van der Waals surface area contributed by atoms with Gasteiger partial charge in [0.2, 0.25) is 0 Å². The average Bonchev–Trinajstić information content (AvgIpc) is 2.28. The molecule has 0 aromatic heterocycles. The second kappa shape index (κ2) is 5.67. The van der Waals surface area contributed by atoms with Crippen molar-refractivity contribution in [3.8, 4) is 5.75 Å². The monoisotopic (exact) mass is 239 g/mol. The van der Waals surface area contributed by atoms with E-state index in [2.05, 4.69) is 0 Å². The van der Waals surface area contributed by atoms with E-state index in [1.807, 2.05) is 0 Å². The van der Waals surface area contributed by atoms with Gasteiger partial charge in [-0.2, -0.15) is 0 Å². The Labute approximate surface area is 98.8 Å². The van der Waals surface area contributed by atoms with E-state index in [1.165, 1.54) is 13.2 Å². The highest BCUT2D eigenvalue weighted by atomic mass is 16.5. The van der Waals surface area contributed by atoms with Gasteiger partial charge in [-0.15, -0.1) is 0 Å². The van der Waals surface area contributed by atoms with Crippen molar-refractivity contribution < 1.29 is 24.7 Å². The van der Waals surface area contributed by atoms with Gasteiger partial charge in [-0.3, -0.25) is 4.79 Å². The summed E-state index contributed by atoms with van der Waals surface area (Å²) in [4.78, 5) is 10.6. The molecule has 17 heavy (non-hydrogen) atoms. The number of ether oxygens (including phenoxy) is 1. The molecule has 0 bridgehead atoms. The van der Waals surface area contributed by atoms with Crippen LogP contribution in [0.4, 0.5) is 0 Å². The first-order valence-corrected chi connectivity index (χ1v) is 4.97. The molecule has 92 valence electrons. The minimum atomic E-state index is -1.68. The van der Waals surface area contributed by atoms with Crippen LogP contribution in [0.3, 0.4) is 0 Å². The summed E-state index contributed by atoms with van der Waals surface area (Å²) in [6, 6.07) is 3.62. The number of hydrogen-bond acceptors (Lipinski definition) is 5. The molecule has 0 saturated carbocycles. The summed E-state index contributed by atoms with van der Waals surface area (Å²) in [7, 11) is -0.268. The van der Waals surface area contributed by atoms with Gasteiger partial charge in [0.1, 0.15) is 11.8 Å². The van der Waals surface area contributed by atoms with Crippen molar-refractivity contribution in [3.05, 3.63) is 23.8 Å². The number of carboxylic acid groups (broad SMARTS) is 1. The van der Waals surface area contributed by atoms with Gasteiger partial charge < -0.3 is 25.6 Å². The quantitative estimate of drug-likeness (QED) is 0.457. The van der Waals surface area contributed by atoms with Gasteiger partial charge in [0.05, 0.1) is 7.11 Å². The standard InChI is InChI=1S/C10H14BNO5/c1-17-9-3-2-6(4-7(9)11(15)16)5-8(12)10(13)14/h2-4,8,15-16H,5,12H2,1H3,(H,13,14)/t8-/m0/s1. The first-order valence-electron chi connectivity index (χ1n) is 4.97. The number of carboxylic acids is 1. The van der Waals surface area contributed by atoms with Crippen LogP contribution in [0.1, 0.15) is 5.56 Å². The predicted molar refractivity (Wildman–Crippen MR) is 62.1 cm³/mol. The summed E-state index contributed by atoms with van der Waals surface area (Å²) >= 11 is 0. The van der Waals surface area contributed by atoms with Gasteiger partial charge in [0, 0.05) is 5.46 Å². The van der Waals surface area contributed by atoms with E-state index in [-0.39, 0.29) is 11.9 Å². The van der Waals surface area contributed by atoms with E-state index in [1.54, 1.807) is 12.1 Å². The number of rotatable bonds is 5. The lowest BCUT2D eigenvalue weighted by Gasteiger charge is -2.11. The van der Waals surface area contributed by atoms with Crippen LogP contribution < -0.4 is 15.9 Å². The van der Waals surface area contributed by atoms with Crippen molar-refractivity contribution in [1.29, 1.82) is 0 Å². The van der Waals surface area contributed by atoms with Crippen LogP contribution in [0.25, 0.3) is 0 Å². The number of hydrogen-bond donors (Lipinski definition) is 4. The van der Waals surface area contributed by atoms with Crippen molar-refractivity contribution in [2.24, 2.45) is 5.73 Å². The summed E-state index contributed by atoms with van der Waals surface area (Å²) in [6.45, 7) is 0. The summed E-state index contributed by atoms with van der Waals surface area (Å²) in [6.07, 6.45) is 0.110. The molecular weight excluding hydrogens is 225 g/mol.